The fraction of sp³-hybridized carbons (Fsp3) is 0.297. The van der Waals surface area contributed by atoms with Crippen LogP contribution in [0, 0.1) is 0 Å². The van der Waals surface area contributed by atoms with Crippen molar-refractivity contribution in [3.63, 3.8) is 0 Å². The molecule has 3 aromatic carbocycles. The molecule has 0 spiro atoms. The molecule has 0 bridgehead atoms. The number of para-hydroxylation sites is 1. The second kappa shape index (κ2) is 15.6. The lowest BCUT2D eigenvalue weighted by Crippen LogP contribution is -2.40. The summed E-state index contributed by atoms with van der Waals surface area (Å²) in [5, 5.41) is 0.277. The van der Waals surface area contributed by atoms with E-state index in [1.54, 1.807) is 63.2 Å². The highest BCUT2D eigenvalue weighted by Gasteiger charge is 2.35. The number of fused-ring (bicyclic) bond motifs is 1. The molecule has 0 aliphatic carbocycles. The fourth-order valence-electron chi connectivity index (χ4n) is 5.37. The normalized spacial score (nSPS) is 14.3. The standard InChI is InChI=1S/C37H37ClN2O8S/c1-7-45-35(42)25-15-13-23(14-16-25)20-47-33-27(38)17-24(18-29(33)44-6)19-30-34(41)40-32(26-11-9-10-12-28(26)48-21(3)4)31(36(43)46-8-2)22(5)39-37(40)49-30/h9-19,21,32H,7-8,20H2,1-6H3/b30-19-/t32-/m0/s1. The molecular formula is C37H37ClN2O8S. The minimum atomic E-state index is -0.826. The molecule has 49 heavy (non-hydrogen) atoms. The highest BCUT2D eigenvalue weighted by atomic mass is 35.5. The van der Waals surface area contributed by atoms with Crippen LogP contribution in [0.2, 0.25) is 5.02 Å². The summed E-state index contributed by atoms with van der Waals surface area (Å²) in [6.07, 6.45) is 1.56. The number of hydrogen-bond acceptors (Lipinski definition) is 10. The van der Waals surface area contributed by atoms with Crippen molar-refractivity contribution in [1.82, 2.24) is 4.57 Å². The summed E-state index contributed by atoms with van der Waals surface area (Å²) in [4.78, 5) is 44.6. The Labute approximate surface area is 292 Å². The average molecular weight is 705 g/mol. The van der Waals surface area contributed by atoms with E-state index < -0.39 is 18.0 Å². The number of esters is 2. The predicted molar refractivity (Wildman–Crippen MR) is 187 cm³/mol. The smallest absolute Gasteiger partial charge is 0.338 e. The van der Waals surface area contributed by atoms with Gasteiger partial charge in [-0.3, -0.25) is 9.36 Å². The van der Waals surface area contributed by atoms with Crippen molar-refractivity contribution in [2.24, 2.45) is 4.99 Å². The first kappa shape index (κ1) is 35.4. The lowest BCUT2D eigenvalue weighted by molar-refractivity contribution is -0.139. The van der Waals surface area contributed by atoms with Crippen molar-refractivity contribution >= 4 is 41.0 Å². The largest absolute Gasteiger partial charge is 0.493 e. The molecule has 0 unspecified atom stereocenters. The second-order valence-corrected chi connectivity index (χ2v) is 12.7. The molecule has 5 rings (SSSR count). The van der Waals surface area contributed by atoms with E-state index >= 15 is 0 Å². The van der Waals surface area contributed by atoms with Crippen LogP contribution in [0.5, 0.6) is 17.2 Å². The van der Waals surface area contributed by atoms with Gasteiger partial charge in [0.15, 0.2) is 16.3 Å². The number of nitrogens with zero attached hydrogens (tertiary/aromatic N) is 2. The summed E-state index contributed by atoms with van der Waals surface area (Å²) >= 11 is 7.89. The Morgan fingerprint density at radius 2 is 1.69 bits per heavy atom. The van der Waals surface area contributed by atoms with E-state index in [2.05, 4.69) is 4.99 Å². The van der Waals surface area contributed by atoms with Crippen LogP contribution in [0.4, 0.5) is 0 Å². The molecule has 1 aliphatic rings. The zero-order valence-corrected chi connectivity index (χ0v) is 29.6. The van der Waals surface area contributed by atoms with Crippen LogP contribution < -0.4 is 29.1 Å². The summed E-state index contributed by atoms with van der Waals surface area (Å²) < 4.78 is 30.1. The Morgan fingerprint density at radius 1 is 1.00 bits per heavy atom. The van der Waals surface area contributed by atoms with E-state index in [-0.39, 0.29) is 35.5 Å². The lowest BCUT2D eigenvalue weighted by atomic mass is 9.95. The molecule has 10 nitrogen and oxygen atoms in total. The number of methoxy groups -OCH3 is 1. The third-order valence-electron chi connectivity index (χ3n) is 7.49. The number of benzene rings is 3. The van der Waals surface area contributed by atoms with E-state index in [0.29, 0.717) is 55.6 Å². The Kier molecular flexibility index (Phi) is 11.3. The molecule has 0 saturated carbocycles. The van der Waals surface area contributed by atoms with Gasteiger partial charge in [-0.25, -0.2) is 14.6 Å². The number of carbonyl (C=O) groups excluding carboxylic acids is 2. The third-order valence-corrected chi connectivity index (χ3v) is 8.75. The van der Waals surface area contributed by atoms with Gasteiger partial charge in [0.25, 0.3) is 5.56 Å². The van der Waals surface area contributed by atoms with Crippen LogP contribution in [0.25, 0.3) is 6.08 Å². The minimum Gasteiger partial charge on any atom is -0.493 e. The van der Waals surface area contributed by atoms with E-state index in [1.165, 1.54) is 23.0 Å². The van der Waals surface area contributed by atoms with Gasteiger partial charge in [0, 0.05) is 5.56 Å². The summed E-state index contributed by atoms with van der Waals surface area (Å²) in [6.45, 7) is 9.68. The minimum absolute atomic E-state index is 0.142. The molecule has 0 radical (unpaired) electrons. The first-order valence-electron chi connectivity index (χ1n) is 15.8. The van der Waals surface area contributed by atoms with Crippen molar-refractivity contribution in [2.75, 3.05) is 20.3 Å². The van der Waals surface area contributed by atoms with Gasteiger partial charge in [0.05, 0.1) is 52.8 Å². The zero-order valence-electron chi connectivity index (χ0n) is 28.1. The molecule has 12 heteroatoms. The van der Waals surface area contributed by atoms with Gasteiger partial charge in [-0.1, -0.05) is 53.3 Å². The fourth-order valence-corrected chi connectivity index (χ4v) is 6.70. The third kappa shape index (κ3) is 7.73. The molecule has 0 saturated heterocycles. The Hall–Kier alpha value is -4.87. The Morgan fingerprint density at radius 3 is 2.37 bits per heavy atom. The summed E-state index contributed by atoms with van der Waals surface area (Å²) in [5.74, 6) is 0.305. The molecule has 2 heterocycles. The van der Waals surface area contributed by atoms with Crippen molar-refractivity contribution < 1.29 is 33.3 Å². The van der Waals surface area contributed by atoms with Crippen molar-refractivity contribution in [1.29, 1.82) is 0 Å². The molecule has 0 fully saturated rings. The number of halogens is 1. The summed E-state index contributed by atoms with van der Waals surface area (Å²) in [5.41, 5.74) is 2.87. The first-order valence-corrected chi connectivity index (χ1v) is 17.0. The van der Waals surface area contributed by atoms with Gasteiger partial charge in [0.1, 0.15) is 18.4 Å². The molecule has 1 atom stereocenters. The SMILES string of the molecule is CCOC(=O)C1=C(C)N=c2s/c(=C\c3cc(Cl)c(OCc4ccc(C(=O)OCC)cc4)c(OC)c3)c(=O)n2[C@H]1c1ccccc1OC(C)C. The van der Waals surface area contributed by atoms with Gasteiger partial charge in [0.2, 0.25) is 0 Å². The molecule has 0 N–H and O–H groups in total. The predicted octanol–water partition coefficient (Wildman–Crippen LogP) is 6.00. The maximum Gasteiger partial charge on any atom is 0.338 e. The van der Waals surface area contributed by atoms with Gasteiger partial charge >= 0.3 is 11.9 Å². The number of carbonyl (C=O) groups is 2. The zero-order chi connectivity index (χ0) is 35.2. The lowest BCUT2D eigenvalue weighted by Gasteiger charge is -2.26. The highest BCUT2D eigenvalue weighted by molar-refractivity contribution is 7.07. The van der Waals surface area contributed by atoms with Crippen LogP contribution in [-0.4, -0.2) is 42.9 Å². The van der Waals surface area contributed by atoms with Crippen molar-refractivity contribution in [3.8, 4) is 17.2 Å². The van der Waals surface area contributed by atoms with Crippen LogP contribution in [0.15, 0.2) is 81.7 Å². The quantitative estimate of drug-likeness (QED) is 0.165. The molecule has 256 valence electrons. The molecule has 1 aliphatic heterocycles. The summed E-state index contributed by atoms with van der Waals surface area (Å²) in [6, 6.07) is 16.8. The number of hydrogen-bond donors (Lipinski definition) is 0. The average Bonchev–Trinajstić information content (AvgIpc) is 3.37. The number of thiazole rings is 1. The van der Waals surface area contributed by atoms with E-state index in [0.717, 1.165) is 5.56 Å². The molecule has 0 amide bonds. The van der Waals surface area contributed by atoms with E-state index in [9.17, 15) is 14.4 Å². The van der Waals surface area contributed by atoms with E-state index in [4.69, 9.17) is 35.3 Å². The van der Waals surface area contributed by atoms with E-state index in [1.807, 2.05) is 38.1 Å². The summed E-state index contributed by atoms with van der Waals surface area (Å²) in [7, 11) is 1.50. The van der Waals surface area contributed by atoms with Crippen LogP contribution in [-0.2, 0) is 20.9 Å². The van der Waals surface area contributed by atoms with Crippen molar-refractivity contribution in [2.45, 2.75) is 53.4 Å². The van der Waals surface area contributed by atoms with Gasteiger partial charge in [-0.15, -0.1) is 0 Å². The number of rotatable bonds is 12. The van der Waals surface area contributed by atoms with Gasteiger partial charge in [-0.05, 0) is 82.2 Å². The topological polar surface area (TPSA) is 115 Å². The van der Waals surface area contributed by atoms with Gasteiger partial charge < -0.3 is 23.7 Å². The molecule has 4 aromatic rings. The number of ether oxygens (including phenoxy) is 5. The first-order chi connectivity index (χ1) is 23.6. The Balaban J connectivity index is 1.53. The molecular weight excluding hydrogens is 668 g/mol. The van der Waals surface area contributed by atoms with Crippen molar-refractivity contribution in [3.05, 3.63) is 119 Å². The van der Waals surface area contributed by atoms with Crippen LogP contribution >= 0.6 is 22.9 Å². The number of allylic oxidation sites excluding steroid dienone is 1. The van der Waals surface area contributed by atoms with Gasteiger partial charge in [-0.2, -0.15) is 0 Å². The number of aromatic nitrogens is 1. The Bertz CT molecular complexity index is 2080. The maximum atomic E-state index is 14.2. The van der Waals surface area contributed by atoms with Crippen LogP contribution in [0.3, 0.4) is 0 Å². The highest BCUT2D eigenvalue weighted by Crippen LogP contribution is 2.38. The molecule has 1 aromatic heterocycles. The monoisotopic (exact) mass is 704 g/mol. The van der Waals surface area contributed by atoms with Crippen LogP contribution in [0.1, 0.15) is 67.7 Å². The maximum absolute atomic E-state index is 14.2. The second-order valence-electron chi connectivity index (χ2n) is 11.2.